The first-order valence-corrected chi connectivity index (χ1v) is 8.18. The van der Waals surface area contributed by atoms with E-state index in [1.165, 1.54) is 6.07 Å². The fraction of sp³-hybridized carbons (Fsp3) is 0.300. The number of rotatable bonds is 2. The summed E-state index contributed by atoms with van der Waals surface area (Å²) in [5.74, 6) is 5.37. The summed E-state index contributed by atoms with van der Waals surface area (Å²) in [4.78, 5) is 17.4. The van der Waals surface area contributed by atoms with E-state index in [4.69, 9.17) is 4.74 Å². The van der Waals surface area contributed by atoms with Crippen LogP contribution in [0.5, 0.6) is 0 Å². The third kappa shape index (κ3) is 4.04. The lowest BCUT2D eigenvalue weighted by Gasteiger charge is -2.37. The van der Waals surface area contributed by atoms with Crippen LogP contribution in [0.1, 0.15) is 35.3 Å². The largest absolute Gasteiger partial charge is 0.372 e. The first-order chi connectivity index (χ1) is 12.1. The Labute approximate surface area is 146 Å². The van der Waals surface area contributed by atoms with E-state index in [9.17, 15) is 9.18 Å². The molecule has 1 fully saturated rings. The Hall–Kier alpha value is -2.71. The fourth-order valence-corrected chi connectivity index (χ4v) is 3.06. The van der Waals surface area contributed by atoms with Gasteiger partial charge in [0.1, 0.15) is 5.82 Å². The Morgan fingerprint density at radius 2 is 1.96 bits per heavy atom. The van der Waals surface area contributed by atoms with Gasteiger partial charge in [0.15, 0.2) is 6.29 Å². The number of ether oxygens (including phenoxy) is 1. The summed E-state index contributed by atoms with van der Waals surface area (Å²) >= 11 is 0. The first-order valence-electron chi connectivity index (χ1n) is 8.18. The molecule has 2 aromatic rings. The zero-order valence-electron chi connectivity index (χ0n) is 14.2. The maximum Gasteiger partial charge on any atom is 0.152 e. The van der Waals surface area contributed by atoms with Gasteiger partial charge in [0.25, 0.3) is 0 Å². The molecule has 0 unspecified atom stereocenters. The third-order valence-corrected chi connectivity index (χ3v) is 3.97. The van der Waals surface area contributed by atoms with Gasteiger partial charge in [-0.1, -0.05) is 11.8 Å². The molecule has 4 nitrogen and oxygen atoms in total. The quantitative estimate of drug-likeness (QED) is 0.623. The molecule has 1 aromatic heterocycles. The number of nitrogens with zero attached hydrogens (tertiary/aromatic N) is 2. The molecule has 2 heterocycles. The van der Waals surface area contributed by atoms with E-state index in [-0.39, 0.29) is 12.2 Å². The van der Waals surface area contributed by atoms with Gasteiger partial charge in [0.2, 0.25) is 0 Å². The zero-order chi connectivity index (χ0) is 17.8. The molecule has 0 saturated carbocycles. The molecular formula is C20H19FN2O2. The van der Waals surface area contributed by atoms with Crippen molar-refractivity contribution in [3.8, 4) is 11.8 Å². The second-order valence-electron chi connectivity index (χ2n) is 6.17. The molecule has 0 spiro atoms. The van der Waals surface area contributed by atoms with Crippen LogP contribution in [0.25, 0.3) is 0 Å². The molecule has 0 N–H and O–H groups in total. The summed E-state index contributed by atoms with van der Waals surface area (Å²) in [7, 11) is 0. The summed E-state index contributed by atoms with van der Waals surface area (Å²) in [6.07, 6.45) is 3.93. The van der Waals surface area contributed by atoms with Gasteiger partial charge in [-0.15, -0.1) is 0 Å². The van der Waals surface area contributed by atoms with Crippen molar-refractivity contribution < 1.29 is 13.9 Å². The SMILES string of the molecule is C[C@@H]1CN(c2c(F)cc(C#Cc3cccnc3)cc2C=O)C[C@H](C)O1. The van der Waals surface area contributed by atoms with E-state index in [0.29, 0.717) is 36.2 Å². The van der Waals surface area contributed by atoms with Gasteiger partial charge in [0, 0.05) is 42.2 Å². The molecule has 1 aliphatic rings. The number of anilines is 1. The number of aldehydes is 1. The minimum atomic E-state index is -0.443. The summed E-state index contributed by atoms with van der Waals surface area (Å²) in [5.41, 5.74) is 1.82. The summed E-state index contributed by atoms with van der Waals surface area (Å²) < 4.78 is 20.4. The number of aromatic nitrogens is 1. The molecule has 3 rings (SSSR count). The Morgan fingerprint density at radius 3 is 2.60 bits per heavy atom. The van der Waals surface area contributed by atoms with Crippen LogP contribution in [-0.2, 0) is 4.74 Å². The number of hydrogen-bond donors (Lipinski definition) is 0. The highest BCUT2D eigenvalue weighted by Gasteiger charge is 2.26. The average molecular weight is 338 g/mol. The van der Waals surface area contributed by atoms with Crippen LogP contribution in [0, 0.1) is 17.7 Å². The highest BCUT2D eigenvalue weighted by molar-refractivity contribution is 5.86. The molecule has 2 atom stereocenters. The fourth-order valence-electron chi connectivity index (χ4n) is 3.06. The van der Waals surface area contributed by atoms with E-state index in [2.05, 4.69) is 16.8 Å². The van der Waals surface area contributed by atoms with E-state index in [1.807, 2.05) is 24.8 Å². The lowest BCUT2D eigenvalue weighted by molar-refractivity contribution is -0.00543. The summed E-state index contributed by atoms with van der Waals surface area (Å²) in [6.45, 7) is 4.97. The summed E-state index contributed by atoms with van der Waals surface area (Å²) in [6, 6.07) is 6.60. The number of carbonyl (C=O) groups is 1. The number of pyridine rings is 1. The van der Waals surface area contributed by atoms with Crippen LogP contribution < -0.4 is 4.90 Å². The van der Waals surface area contributed by atoms with Gasteiger partial charge in [-0.3, -0.25) is 9.78 Å². The van der Waals surface area contributed by atoms with Crippen molar-refractivity contribution in [2.75, 3.05) is 18.0 Å². The predicted octanol–water partition coefficient (Wildman–Crippen LogP) is 3.05. The molecule has 1 aromatic carbocycles. The molecule has 1 saturated heterocycles. The van der Waals surface area contributed by atoms with Crippen LogP contribution in [0.15, 0.2) is 36.7 Å². The highest BCUT2D eigenvalue weighted by Crippen LogP contribution is 2.28. The van der Waals surface area contributed by atoms with Crippen molar-refractivity contribution >= 4 is 12.0 Å². The van der Waals surface area contributed by atoms with Gasteiger partial charge >= 0.3 is 0 Å². The standard InChI is InChI=1S/C20H19FN2O2/c1-14-11-23(12-15(2)25-14)20-18(13-24)8-17(9-19(20)21)6-5-16-4-3-7-22-10-16/h3-4,7-10,13-15H,11-12H2,1-2H3/t14-,15+. The molecule has 0 amide bonds. The minimum absolute atomic E-state index is 0.0206. The maximum absolute atomic E-state index is 14.7. The average Bonchev–Trinajstić information content (AvgIpc) is 2.59. The molecule has 0 aliphatic carbocycles. The number of morpholine rings is 1. The van der Waals surface area contributed by atoms with Crippen LogP contribution in [0.3, 0.4) is 0 Å². The molecule has 0 bridgehead atoms. The second-order valence-corrected chi connectivity index (χ2v) is 6.17. The predicted molar refractivity (Wildman–Crippen MR) is 94.2 cm³/mol. The van der Waals surface area contributed by atoms with Crippen molar-refractivity contribution in [3.63, 3.8) is 0 Å². The van der Waals surface area contributed by atoms with Gasteiger partial charge < -0.3 is 9.64 Å². The zero-order valence-corrected chi connectivity index (χ0v) is 14.2. The Balaban J connectivity index is 1.94. The molecule has 5 heteroatoms. The second kappa shape index (κ2) is 7.45. The molecule has 1 aliphatic heterocycles. The lowest BCUT2D eigenvalue weighted by Crippen LogP contribution is -2.46. The van der Waals surface area contributed by atoms with Crippen molar-refractivity contribution in [3.05, 3.63) is 59.2 Å². The maximum atomic E-state index is 14.7. The Morgan fingerprint density at radius 1 is 1.24 bits per heavy atom. The van der Waals surface area contributed by atoms with Gasteiger partial charge in [-0.25, -0.2) is 4.39 Å². The number of carbonyl (C=O) groups excluding carboxylic acids is 1. The van der Waals surface area contributed by atoms with Crippen molar-refractivity contribution in [2.45, 2.75) is 26.1 Å². The molecule has 0 radical (unpaired) electrons. The van der Waals surface area contributed by atoms with E-state index in [0.717, 1.165) is 5.56 Å². The number of hydrogen-bond acceptors (Lipinski definition) is 4. The summed E-state index contributed by atoms with van der Waals surface area (Å²) in [5, 5.41) is 0. The van der Waals surface area contributed by atoms with E-state index in [1.54, 1.807) is 24.5 Å². The van der Waals surface area contributed by atoms with E-state index >= 15 is 0 Å². The van der Waals surface area contributed by atoms with Crippen LogP contribution in [0.2, 0.25) is 0 Å². The normalized spacial score (nSPS) is 19.9. The lowest BCUT2D eigenvalue weighted by atomic mass is 10.1. The van der Waals surface area contributed by atoms with Crippen molar-refractivity contribution in [1.29, 1.82) is 0 Å². The third-order valence-electron chi connectivity index (χ3n) is 3.97. The smallest absolute Gasteiger partial charge is 0.152 e. The monoisotopic (exact) mass is 338 g/mol. The van der Waals surface area contributed by atoms with Crippen molar-refractivity contribution in [2.24, 2.45) is 0 Å². The van der Waals surface area contributed by atoms with Crippen LogP contribution in [0.4, 0.5) is 10.1 Å². The molecule has 25 heavy (non-hydrogen) atoms. The van der Waals surface area contributed by atoms with Gasteiger partial charge in [-0.05, 0) is 38.1 Å². The van der Waals surface area contributed by atoms with Gasteiger partial charge in [0.05, 0.1) is 17.9 Å². The number of halogens is 1. The Bertz CT molecular complexity index is 817. The van der Waals surface area contributed by atoms with Crippen LogP contribution >= 0.6 is 0 Å². The molecule has 128 valence electrons. The van der Waals surface area contributed by atoms with Crippen molar-refractivity contribution in [1.82, 2.24) is 4.98 Å². The molecular weight excluding hydrogens is 319 g/mol. The first kappa shape index (κ1) is 17.1. The van der Waals surface area contributed by atoms with Gasteiger partial charge in [-0.2, -0.15) is 0 Å². The topological polar surface area (TPSA) is 42.4 Å². The minimum Gasteiger partial charge on any atom is -0.372 e. The highest BCUT2D eigenvalue weighted by atomic mass is 19.1. The number of benzene rings is 1. The van der Waals surface area contributed by atoms with Crippen LogP contribution in [-0.4, -0.2) is 36.6 Å². The Kier molecular flexibility index (Phi) is 5.11. The van der Waals surface area contributed by atoms with E-state index < -0.39 is 5.82 Å².